The molecule has 1 N–H and O–H groups in total. The Bertz CT molecular complexity index is 225. The first kappa shape index (κ1) is 10.5. The monoisotopic (exact) mass is 179 g/mol. The van der Waals surface area contributed by atoms with E-state index in [1.165, 1.54) is 17.6 Å². The molecular formula is C12H21N. The van der Waals surface area contributed by atoms with Crippen molar-refractivity contribution in [2.24, 2.45) is 0 Å². The van der Waals surface area contributed by atoms with Crippen molar-refractivity contribution < 1.29 is 0 Å². The van der Waals surface area contributed by atoms with E-state index in [4.69, 9.17) is 0 Å². The average molecular weight is 179 g/mol. The molecule has 0 bridgehead atoms. The van der Waals surface area contributed by atoms with E-state index < -0.39 is 0 Å². The van der Waals surface area contributed by atoms with Crippen molar-refractivity contribution in [2.75, 3.05) is 6.54 Å². The van der Waals surface area contributed by atoms with Crippen molar-refractivity contribution in [1.82, 2.24) is 5.32 Å². The number of hydrogen-bond donors (Lipinski definition) is 1. The fraction of sp³-hybridized carbons (Fsp3) is 0.667. The maximum absolute atomic E-state index is 4.06. The third-order valence-corrected chi connectivity index (χ3v) is 3.08. The van der Waals surface area contributed by atoms with Gasteiger partial charge < -0.3 is 5.32 Å². The summed E-state index contributed by atoms with van der Waals surface area (Å²) in [7, 11) is 0. The fourth-order valence-electron chi connectivity index (χ4n) is 1.74. The summed E-state index contributed by atoms with van der Waals surface area (Å²) in [6.45, 7) is 11.9. The summed E-state index contributed by atoms with van der Waals surface area (Å²) >= 11 is 0. The Morgan fingerprint density at radius 2 is 2.23 bits per heavy atom. The van der Waals surface area contributed by atoms with E-state index in [9.17, 15) is 0 Å². The molecule has 0 aromatic rings. The second-order valence-electron chi connectivity index (χ2n) is 4.03. The highest BCUT2D eigenvalue weighted by molar-refractivity contribution is 5.21. The molecule has 1 aliphatic heterocycles. The van der Waals surface area contributed by atoms with Crippen LogP contribution >= 0.6 is 0 Å². The Kier molecular flexibility index (Phi) is 3.73. The van der Waals surface area contributed by atoms with Crippen LogP contribution in [0.4, 0.5) is 0 Å². The molecule has 0 aromatic heterocycles. The van der Waals surface area contributed by atoms with Crippen molar-refractivity contribution in [3.05, 3.63) is 23.3 Å². The van der Waals surface area contributed by atoms with E-state index in [2.05, 4.69) is 32.7 Å². The summed E-state index contributed by atoms with van der Waals surface area (Å²) in [4.78, 5) is 0. The van der Waals surface area contributed by atoms with Gasteiger partial charge in [0, 0.05) is 6.04 Å². The van der Waals surface area contributed by atoms with Crippen LogP contribution in [0.3, 0.4) is 0 Å². The van der Waals surface area contributed by atoms with Gasteiger partial charge in [0.1, 0.15) is 0 Å². The lowest BCUT2D eigenvalue weighted by molar-refractivity contribution is 0.527. The highest BCUT2D eigenvalue weighted by Crippen LogP contribution is 2.21. The SMILES string of the molecule is C=C(CC)CC1NCCC(C)=C1C. The van der Waals surface area contributed by atoms with E-state index in [-0.39, 0.29) is 0 Å². The highest BCUT2D eigenvalue weighted by Gasteiger charge is 2.16. The molecule has 1 nitrogen and oxygen atoms in total. The summed E-state index contributed by atoms with van der Waals surface area (Å²) in [6, 6.07) is 0.557. The first-order chi connectivity index (χ1) is 6.15. The molecule has 0 amide bonds. The lowest BCUT2D eigenvalue weighted by Crippen LogP contribution is -2.35. The Morgan fingerprint density at radius 1 is 1.54 bits per heavy atom. The third kappa shape index (κ3) is 2.70. The average Bonchev–Trinajstić information content (AvgIpc) is 2.13. The van der Waals surface area contributed by atoms with Crippen molar-refractivity contribution >= 4 is 0 Å². The lowest BCUT2D eigenvalue weighted by atomic mass is 9.92. The molecule has 0 saturated carbocycles. The van der Waals surface area contributed by atoms with Crippen LogP contribution < -0.4 is 5.32 Å². The Hall–Kier alpha value is -0.560. The summed E-state index contributed by atoms with van der Waals surface area (Å²) in [5, 5.41) is 3.55. The number of nitrogens with one attached hydrogen (secondary N) is 1. The molecule has 1 unspecified atom stereocenters. The van der Waals surface area contributed by atoms with E-state index in [0.717, 1.165) is 19.4 Å². The molecule has 0 saturated heterocycles. The lowest BCUT2D eigenvalue weighted by Gasteiger charge is -2.27. The van der Waals surface area contributed by atoms with E-state index >= 15 is 0 Å². The summed E-state index contributed by atoms with van der Waals surface area (Å²) in [6.07, 6.45) is 3.42. The Morgan fingerprint density at radius 3 is 2.85 bits per heavy atom. The normalized spacial score (nSPS) is 23.5. The molecule has 1 heteroatoms. The molecule has 0 aliphatic carbocycles. The van der Waals surface area contributed by atoms with Gasteiger partial charge in [-0.25, -0.2) is 0 Å². The first-order valence-corrected chi connectivity index (χ1v) is 5.21. The van der Waals surface area contributed by atoms with Gasteiger partial charge in [0.25, 0.3) is 0 Å². The van der Waals surface area contributed by atoms with Crippen LogP contribution in [-0.2, 0) is 0 Å². The summed E-state index contributed by atoms with van der Waals surface area (Å²) < 4.78 is 0. The fourth-order valence-corrected chi connectivity index (χ4v) is 1.74. The van der Waals surface area contributed by atoms with Gasteiger partial charge in [-0.2, -0.15) is 0 Å². The Labute approximate surface area is 81.9 Å². The van der Waals surface area contributed by atoms with Gasteiger partial charge in [-0.1, -0.05) is 30.2 Å². The zero-order chi connectivity index (χ0) is 9.84. The van der Waals surface area contributed by atoms with Gasteiger partial charge in [-0.3, -0.25) is 0 Å². The van der Waals surface area contributed by atoms with Crippen LogP contribution in [0.5, 0.6) is 0 Å². The smallest absolute Gasteiger partial charge is 0.0316 e. The first-order valence-electron chi connectivity index (χ1n) is 5.21. The van der Waals surface area contributed by atoms with Crippen LogP contribution in [0.15, 0.2) is 23.3 Å². The zero-order valence-corrected chi connectivity index (χ0v) is 9.11. The highest BCUT2D eigenvalue weighted by atomic mass is 14.9. The van der Waals surface area contributed by atoms with E-state index in [1.54, 1.807) is 5.57 Å². The quantitative estimate of drug-likeness (QED) is 0.657. The minimum Gasteiger partial charge on any atom is -0.310 e. The van der Waals surface area contributed by atoms with Crippen molar-refractivity contribution in [3.8, 4) is 0 Å². The van der Waals surface area contributed by atoms with Gasteiger partial charge in [0.2, 0.25) is 0 Å². The second-order valence-corrected chi connectivity index (χ2v) is 4.03. The van der Waals surface area contributed by atoms with Crippen molar-refractivity contribution in [3.63, 3.8) is 0 Å². The van der Waals surface area contributed by atoms with Gasteiger partial charge in [-0.15, -0.1) is 0 Å². The van der Waals surface area contributed by atoms with Gasteiger partial charge >= 0.3 is 0 Å². The third-order valence-electron chi connectivity index (χ3n) is 3.08. The predicted molar refractivity (Wildman–Crippen MR) is 58.8 cm³/mol. The molecule has 1 heterocycles. The standard InChI is InChI=1S/C12H21N/c1-5-9(2)8-12-11(4)10(3)6-7-13-12/h12-13H,2,5-8H2,1,3-4H3. The minimum absolute atomic E-state index is 0.557. The van der Waals surface area contributed by atoms with Gasteiger partial charge in [-0.05, 0) is 39.7 Å². The van der Waals surface area contributed by atoms with Crippen LogP contribution in [0, 0.1) is 0 Å². The summed E-state index contributed by atoms with van der Waals surface area (Å²) in [5.41, 5.74) is 4.44. The maximum atomic E-state index is 4.06. The molecular weight excluding hydrogens is 158 g/mol. The molecule has 0 spiro atoms. The number of rotatable bonds is 3. The molecule has 0 fully saturated rings. The van der Waals surface area contributed by atoms with Crippen LogP contribution in [0.2, 0.25) is 0 Å². The molecule has 1 aliphatic rings. The maximum Gasteiger partial charge on any atom is 0.0316 e. The molecule has 0 radical (unpaired) electrons. The zero-order valence-electron chi connectivity index (χ0n) is 9.11. The molecule has 0 aromatic carbocycles. The number of hydrogen-bond acceptors (Lipinski definition) is 1. The van der Waals surface area contributed by atoms with Crippen LogP contribution in [0.25, 0.3) is 0 Å². The Balaban J connectivity index is 2.59. The topological polar surface area (TPSA) is 12.0 Å². The predicted octanol–water partition coefficient (Wildman–Crippen LogP) is 3.04. The minimum atomic E-state index is 0.557. The van der Waals surface area contributed by atoms with Crippen LogP contribution in [-0.4, -0.2) is 12.6 Å². The largest absolute Gasteiger partial charge is 0.310 e. The second kappa shape index (κ2) is 4.61. The summed E-state index contributed by atoms with van der Waals surface area (Å²) in [5.74, 6) is 0. The molecule has 1 rings (SSSR count). The van der Waals surface area contributed by atoms with E-state index in [0.29, 0.717) is 6.04 Å². The van der Waals surface area contributed by atoms with Gasteiger partial charge in [0.05, 0.1) is 0 Å². The molecule has 74 valence electrons. The van der Waals surface area contributed by atoms with E-state index in [1.807, 2.05) is 0 Å². The van der Waals surface area contributed by atoms with Crippen LogP contribution in [0.1, 0.15) is 40.0 Å². The molecule has 13 heavy (non-hydrogen) atoms. The van der Waals surface area contributed by atoms with Crippen molar-refractivity contribution in [1.29, 1.82) is 0 Å². The molecule has 1 atom stereocenters. The van der Waals surface area contributed by atoms with Gasteiger partial charge in [0.15, 0.2) is 0 Å². The van der Waals surface area contributed by atoms with Crippen molar-refractivity contribution in [2.45, 2.75) is 46.1 Å².